The molecule has 4 rings (SSSR count). The van der Waals surface area contributed by atoms with Crippen molar-refractivity contribution in [3.63, 3.8) is 0 Å². The molecule has 0 atom stereocenters. The van der Waals surface area contributed by atoms with Gasteiger partial charge < -0.3 is 9.80 Å². The molecular weight excluding hydrogens is 404 g/mol. The second-order valence-corrected chi connectivity index (χ2v) is 9.20. The largest absolute Gasteiger partial charge is 0.342 e. The fourth-order valence-corrected chi connectivity index (χ4v) is 4.94. The predicted molar refractivity (Wildman–Crippen MR) is 131 cm³/mol. The van der Waals surface area contributed by atoms with Crippen LogP contribution >= 0.6 is 11.3 Å². The van der Waals surface area contributed by atoms with Crippen molar-refractivity contribution >= 4 is 38.7 Å². The lowest BCUT2D eigenvalue weighted by Gasteiger charge is -2.35. The Labute approximate surface area is 188 Å². The molecule has 0 bridgehead atoms. The number of fused-ring (bicyclic) bond motifs is 1. The monoisotopic (exact) mass is 434 g/mol. The van der Waals surface area contributed by atoms with Gasteiger partial charge in [0.1, 0.15) is 0 Å². The highest BCUT2D eigenvalue weighted by molar-refractivity contribution is 7.22. The average Bonchev–Trinajstić information content (AvgIpc) is 3.25. The van der Waals surface area contributed by atoms with E-state index in [2.05, 4.69) is 67.3 Å². The zero-order valence-electron chi connectivity index (χ0n) is 18.5. The van der Waals surface area contributed by atoms with E-state index in [1.54, 1.807) is 11.3 Å². The number of hydrogen-bond acceptors (Lipinski definition) is 5. The second-order valence-electron chi connectivity index (χ2n) is 8.22. The number of aromatic nitrogens is 1. The van der Waals surface area contributed by atoms with Gasteiger partial charge in [-0.3, -0.25) is 9.69 Å². The number of carbonyl (C=O) groups is 1. The molecule has 6 heteroatoms. The number of aryl methyl sites for hydroxylation is 2. The molecule has 0 unspecified atom stereocenters. The first-order valence-electron chi connectivity index (χ1n) is 10.8. The summed E-state index contributed by atoms with van der Waals surface area (Å²) in [6.07, 6.45) is 4.37. The molecule has 1 aliphatic heterocycles. The molecular formula is C25H30N4OS. The summed E-state index contributed by atoms with van der Waals surface area (Å²) in [5.41, 5.74) is 4.69. The van der Waals surface area contributed by atoms with Gasteiger partial charge in [-0.25, -0.2) is 4.98 Å². The zero-order valence-corrected chi connectivity index (χ0v) is 19.4. The van der Waals surface area contributed by atoms with Crippen LogP contribution < -0.4 is 4.90 Å². The van der Waals surface area contributed by atoms with Crippen molar-refractivity contribution in [2.45, 2.75) is 13.8 Å². The number of nitrogens with zero attached hydrogens (tertiary/aromatic N) is 4. The molecule has 0 spiro atoms. The van der Waals surface area contributed by atoms with E-state index in [0.29, 0.717) is 6.54 Å². The molecule has 0 saturated carbocycles. The van der Waals surface area contributed by atoms with Crippen molar-refractivity contribution in [3.05, 3.63) is 65.2 Å². The molecule has 2 heterocycles. The minimum atomic E-state index is 0.176. The number of hydrogen-bond donors (Lipinski definition) is 0. The van der Waals surface area contributed by atoms with E-state index in [0.717, 1.165) is 43.4 Å². The Hall–Kier alpha value is -2.70. The van der Waals surface area contributed by atoms with Crippen LogP contribution in [0.3, 0.4) is 0 Å². The number of thiazole rings is 1. The van der Waals surface area contributed by atoms with Gasteiger partial charge >= 0.3 is 0 Å². The van der Waals surface area contributed by atoms with Crippen molar-refractivity contribution in [2.75, 3.05) is 51.2 Å². The Morgan fingerprint density at radius 2 is 1.77 bits per heavy atom. The molecule has 162 valence electrons. The summed E-state index contributed by atoms with van der Waals surface area (Å²) in [6.45, 7) is 8.87. The molecule has 1 amide bonds. The van der Waals surface area contributed by atoms with Crippen LogP contribution in [0.15, 0.2) is 48.5 Å². The maximum absolute atomic E-state index is 12.9. The van der Waals surface area contributed by atoms with Gasteiger partial charge in [-0.1, -0.05) is 66.0 Å². The van der Waals surface area contributed by atoms with E-state index in [9.17, 15) is 4.79 Å². The van der Waals surface area contributed by atoms with E-state index in [-0.39, 0.29) is 5.91 Å². The van der Waals surface area contributed by atoms with Crippen molar-refractivity contribution in [2.24, 2.45) is 0 Å². The van der Waals surface area contributed by atoms with E-state index < -0.39 is 0 Å². The molecule has 2 aromatic carbocycles. The van der Waals surface area contributed by atoms with Crippen molar-refractivity contribution < 1.29 is 4.79 Å². The third kappa shape index (κ3) is 5.14. The smallest absolute Gasteiger partial charge is 0.242 e. The second kappa shape index (κ2) is 9.62. The van der Waals surface area contributed by atoms with E-state index >= 15 is 0 Å². The Bertz CT molecular complexity index is 1030. The van der Waals surface area contributed by atoms with Crippen LogP contribution in [0.25, 0.3) is 16.3 Å². The number of anilines is 1. The Balaban J connectivity index is 1.28. The van der Waals surface area contributed by atoms with Crippen molar-refractivity contribution in [3.8, 4) is 0 Å². The highest BCUT2D eigenvalue weighted by Crippen LogP contribution is 2.32. The highest BCUT2D eigenvalue weighted by atomic mass is 32.1. The normalized spacial score (nSPS) is 15.1. The van der Waals surface area contributed by atoms with Crippen LogP contribution in [-0.2, 0) is 4.79 Å². The van der Waals surface area contributed by atoms with E-state index in [1.165, 1.54) is 21.4 Å². The molecule has 1 saturated heterocycles. The number of benzene rings is 2. The minimum absolute atomic E-state index is 0.176. The van der Waals surface area contributed by atoms with Gasteiger partial charge in [-0.2, -0.15) is 0 Å². The van der Waals surface area contributed by atoms with Crippen LogP contribution in [0.5, 0.6) is 0 Å². The lowest BCUT2D eigenvalue weighted by Crippen LogP contribution is -2.50. The van der Waals surface area contributed by atoms with Gasteiger partial charge in [0, 0.05) is 39.8 Å². The number of amides is 1. The average molecular weight is 435 g/mol. The molecule has 0 aliphatic carbocycles. The third-order valence-electron chi connectivity index (χ3n) is 5.83. The van der Waals surface area contributed by atoms with Gasteiger partial charge in [0.25, 0.3) is 0 Å². The maximum Gasteiger partial charge on any atom is 0.242 e. The van der Waals surface area contributed by atoms with Crippen molar-refractivity contribution in [1.82, 2.24) is 14.8 Å². The summed E-state index contributed by atoms with van der Waals surface area (Å²) < 4.78 is 1.21. The molecule has 1 aromatic heterocycles. The topological polar surface area (TPSA) is 39.7 Å². The summed E-state index contributed by atoms with van der Waals surface area (Å²) in [5.74, 6) is 0.176. The Morgan fingerprint density at radius 3 is 2.48 bits per heavy atom. The van der Waals surface area contributed by atoms with Gasteiger partial charge in [0.2, 0.25) is 5.91 Å². The SMILES string of the molecule is Cc1ccc(C)c2sc(N(C)CC(=O)N3CCN(C/C=C/c4ccccc4)CC3)nc12. The van der Waals surface area contributed by atoms with Crippen LogP contribution in [0, 0.1) is 13.8 Å². The van der Waals surface area contributed by atoms with E-state index in [1.807, 2.05) is 22.9 Å². The van der Waals surface area contributed by atoms with Crippen LogP contribution in [0.2, 0.25) is 0 Å². The molecule has 31 heavy (non-hydrogen) atoms. The number of likely N-dealkylation sites (N-methyl/N-ethyl adjacent to an activating group) is 1. The first-order chi connectivity index (χ1) is 15.0. The molecule has 1 aliphatic rings. The number of rotatable bonds is 6. The minimum Gasteiger partial charge on any atom is -0.342 e. The van der Waals surface area contributed by atoms with Crippen LogP contribution in [-0.4, -0.2) is 67.0 Å². The molecule has 0 radical (unpaired) electrons. The van der Waals surface area contributed by atoms with Gasteiger partial charge in [-0.15, -0.1) is 0 Å². The molecule has 3 aromatic rings. The number of piperazine rings is 1. The van der Waals surface area contributed by atoms with Gasteiger partial charge in [0.15, 0.2) is 5.13 Å². The first kappa shape index (κ1) is 21.5. The lowest BCUT2D eigenvalue weighted by molar-refractivity contribution is -0.131. The summed E-state index contributed by atoms with van der Waals surface area (Å²) in [4.78, 5) is 24.0. The first-order valence-corrected chi connectivity index (χ1v) is 11.6. The third-order valence-corrected chi connectivity index (χ3v) is 7.13. The Kier molecular flexibility index (Phi) is 6.68. The summed E-state index contributed by atoms with van der Waals surface area (Å²) in [6, 6.07) is 14.6. The van der Waals surface area contributed by atoms with Crippen LogP contribution in [0.1, 0.15) is 16.7 Å². The highest BCUT2D eigenvalue weighted by Gasteiger charge is 2.22. The summed E-state index contributed by atoms with van der Waals surface area (Å²) >= 11 is 1.67. The zero-order chi connectivity index (χ0) is 21.8. The fraction of sp³-hybridized carbons (Fsp3) is 0.360. The molecule has 0 N–H and O–H groups in total. The molecule has 5 nitrogen and oxygen atoms in total. The molecule has 1 fully saturated rings. The fourth-order valence-electron chi connectivity index (χ4n) is 3.86. The van der Waals surface area contributed by atoms with Crippen molar-refractivity contribution in [1.29, 1.82) is 0 Å². The summed E-state index contributed by atoms with van der Waals surface area (Å²) in [5, 5.41) is 0.908. The Morgan fingerprint density at radius 1 is 1.06 bits per heavy atom. The number of carbonyl (C=O) groups excluding carboxylic acids is 1. The van der Waals surface area contributed by atoms with Crippen LogP contribution in [0.4, 0.5) is 5.13 Å². The predicted octanol–water partition coefficient (Wildman–Crippen LogP) is 4.21. The van der Waals surface area contributed by atoms with Gasteiger partial charge in [0.05, 0.1) is 16.8 Å². The summed E-state index contributed by atoms with van der Waals surface area (Å²) in [7, 11) is 1.96. The van der Waals surface area contributed by atoms with Gasteiger partial charge in [-0.05, 0) is 30.5 Å². The van der Waals surface area contributed by atoms with E-state index in [4.69, 9.17) is 4.98 Å². The maximum atomic E-state index is 12.9. The lowest BCUT2D eigenvalue weighted by atomic mass is 10.1. The standard InChI is InChI=1S/C25H30N4OS/c1-19-11-12-20(2)24-23(19)26-25(31-24)27(3)18-22(30)29-16-14-28(15-17-29)13-7-10-21-8-5-4-6-9-21/h4-12H,13-18H2,1-3H3/b10-7+. The quantitative estimate of drug-likeness (QED) is 0.583.